The number of esters is 1. The van der Waals surface area contributed by atoms with E-state index in [1.807, 2.05) is 13.8 Å². The van der Waals surface area contributed by atoms with E-state index >= 15 is 0 Å². The molecule has 0 fully saturated rings. The summed E-state index contributed by atoms with van der Waals surface area (Å²) < 4.78 is 4.70. The van der Waals surface area contributed by atoms with Gasteiger partial charge in [0.05, 0.1) is 19.4 Å². The van der Waals surface area contributed by atoms with Gasteiger partial charge in [-0.25, -0.2) is 0 Å². The number of carboxylic acids is 1. The molecule has 1 atom stereocenters. The maximum Gasteiger partial charge on any atom is 0.306 e. The van der Waals surface area contributed by atoms with Gasteiger partial charge in [0.2, 0.25) is 5.91 Å². The number of carboxylic acid groups (broad SMARTS) is 1. The largest absolute Gasteiger partial charge is 0.481 e. The van der Waals surface area contributed by atoms with Crippen molar-refractivity contribution in [1.82, 2.24) is 5.32 Å². The van der Waals surface area contributed by atoms with Crippen molar-refractivity contribution in [1.29, 1.82) is 0 Å². The Morgan fingerprint density at radius 1 is 1.22 bits per heavy atom. The average Bonchev–Trinajstić information content (AvgIpc) is 2.25. The Hall–Kier alpha value is -1.59. The van der Waals surface area contributed by atoms with Crippen LogP contribution in [0.15, 0.2) is 0 Å². The molecule has 0 saturated heterocycles. The SMILES string of the molecule is CCOC(=O)CCC(=O)NC(CC(=O)O)C(C)C. The molecule has 0 saturated carbocycles. The standard InChI is InChI=1S/C12H21NO5/c1-4-18-12(17)6-5-10(14)13-9(8(2)3)7-11(15)16/h8-9H,4-7H2,1-3H3,(H,13,14)(H,15,16). The van der Waals surface area contributed by atoms with Crippen molar-refractivity contribution in [2.75, 3.05) is 6.61 Å². The van der Waals surface area contributed by atoms with Crippen LogP contribution in [0.1, 0.15) is 40.0 Å². The number of nitrogens with one attached hydrogen (secondary N) is 1. The number of hydrogen-bond acceptors (Lipinski definition) is 4. The summed E-state index contributed by atoms with van der Waals surface area (Å²) in [5.74, 6) is -1.69. The number of rotatable bonds is 8. The summed E-state index contributed by atoms with van der Waals surface area (Å²) in [6.45, 7) is 5.65. The summed E-state index contributed by atoms with van der Waals surface area (Å²) >= 11 is 0. The lowest BCUT2D eigenvalue weighted by molar-refractivity contribution is -0.145. The molecule has 0 aliphatic rings. The minimum Gasteiger partial charge on any atom is -0.481 e. The summed E-state index contributed by atoms with van der Waals surface area (Å²) in [6.07, 6.45) is -0.0952. The monoisotopic (exact) mass is 259 g/mol. The molecule has 0 radical (unpaired) electrons. The number of aliphatic carboxylic acids is 1. The highest BCUT2D eigenvalue weighted by Crippen LogP contribution is 2.07. The second-order valence-corrected chi connectivity index (χ2v) is 4.32. The highest BCUT2D eigenvalue weighted by molar-refractivity contribution is 5.82. The summed E-state index contributed by atoms with van der Waals surface area (Å²) in [4.78, 5) is 33.2. The molecular weight excluding hydrogens is 238 g/mol. The molecule has 0 heterocycles. The molecule has 0 aliphatic heterocycles. The second-order valence-electron chi connectivity index (χ2n) is 4.32. The van der Waals surface area contributed by atoms with Gasteiger partial charge in [-0.15, -0.1) is 0 Å². The first-order chi connectivity index (χ1) is 8.36. The predicted octanol–water partition coefficient (Wildman–Crippen LogP) is 0.945. The molecule has 1 amide bonds. The first-order valence-electron chi connectivity index (χ1n) is 6.03. The molecule has 6 heteroatoms. The van der Waals surface area contributed by atoms with Crippen molar-refractivity contribution in [3.8, 4) is 0 Å². The fourth-order valence-corrected chi connectivity index (χ4v) is 1.37. The van der Waals surface area contributed by atoms with E-state index < -0.39 is 18.0 Å². The fourth-order valence-electron chi connectivity index (χ4n) is 1.37. The van der Waals surface area contributed by atoms with E-state index in [9.17, 15) is 14.4 Å². The van der Waals surface area contributed by atoms with E-state index in [0.717, 1.165) is 0 Å². The summed E-state index contributed by atoms with van der Waals surface area (Å²) in [5, 5.41) is 11.3. The Kier molecular flexibility index (Phi) is 7.74. The third-order valence-electron chi connectivity index (χ3n) is 2.41. The van der Waals surface area contributed by atoms with Crippen LogP contribution in [0.5, 0.6) is 0 Å². The maximum absolute atomic E-state index is 11.5. The van der Waals surface area contributed by atoms with Crippen molar-refractivity contribution >= 4 is 17.8 Å². The number of carbonyl (C=O) groups is 3. The van der Waals surface area contributed by atoms with Crippen LogP contribution in [0.25, 0.3) is 0 Å². The van der Waals surface area contributed by atoms with E-state index in [0.29, 0.717) is 0 Å². The molecular formula is C12H21NO5. The number of carbonyl (C=O) groups excluding carboxylic acids is 2. The Labute approximate surface area is 107 Å². The van der Waals surface area contributed by atoms with Crippen molar-refractivity contribution in [2.24, 2.45) is 5.92 Å². The van der Waals surface area contributed by atoms with Crippen LogP contribution in [0.2, 0.25) is 0 Å². The van der Waals surface area contributed by atoms with Crippen LogP contribution in [0, 0.1) is 5.92 Å². The van der Waals surface area contributed by atoms with Gasteiger partial charge in [-0.05, 0) is 12.8 Å². The van der Waals surface area contributed by atoms with Gasteiger partial charge in [-0.2, -0.15) is 0 Å². The van der Waals surface area contributed by atoms with Gasteiger partial charge in [-0.3, -0.25) is 14.4 Å². The molecule has 6 nitrogen and oxygen atoms in total. The topological polar surface area (TPSA) is 92.7 Å². The molecule has 0 spiro atoms. The molecule has 0 rings (SSSR count). The lowest BCUT2D eigenvalue weighted by atomic mass is 10.0. The first kappa shape index (κ1) is 16.4. The highest BCUT2D eigenvalue weighted by Gasteiger charge is 2.19. The third-order valence-corrected chi connectivity index (χ3v) is 2.41. The van der Waals surface area contributed by atoms with Crippen LogP contribution in [0.3, 0.4) is 0 Å². The summed E-state index contributed by atoms with van der Waals surface area (Å²) in [7, 11) is 0. The van der Waals surface area contributed by atoms with Crippen LogP contribution >= 0.6 is 0 Å². The predicted molar refractivity (Wildman–Crippen MR) is 64.9 cm³/mol. The molecule has 18 heavy (non-hydrogen) atoms. The van der Waals surface area contributed by atoms with Crippen LogP contribution in [-0.2, 0) is 19.1 Å². The zero-order valence-corrected chi connectivity index (χ0v) is 11.1. The van der Waals surface area contributed by atoms with Gasteiger partial charge in [0.15, 0.2) is 0 Å². The van der Waals surface area contributed by atoms with Gasteiger partial charge >= 0.3 is 11.9 Å². The van der Waals surface area contributed by atoms with Crippen molar-refractivity contribution in [3.05, 3.63) is 0 Å². The van der Waals surface area contributed by atoms with Crippen molar-refractivity contribution in [3.63, 3.8) is 0 Å². The quantitative estimate of drug-likeness (QED) is 0.633. The molecule has 0 aromatic rings. The number of ether oxygens (including phenoxy) is 1. The first-order valence-corrected chi connectivity index (χ1v) is 6.03. The normalized spacial score (nSPS) is 12.0. The second kappa shape index (κ2) is 8.49. The van der Waals surface area contributed by atoms with Gasteiger partial charge in [0, 0.05) is 12.5 Å². The number of hydrogen-bond donors (Lipinski definition) is 2. The van der Waals surface area contributed by atoms with Gasteiger partial charge in [0.25, 0.3) is 0 Å². The zero-order chi connectivity index (χ0) is 14.1. The van der Waals surface area contributed by atoms with E-state index in [1.165, 1.54) is 0 Å². The van der Waals surface area contributed by atoms with Crippen LogP contribution in [-0.4, -0.2) is 35.6 Å². The van der Waals surface area contributed by atoms with Crippen molar-refractivity contribution in [2.45, 2.75) is 46.1 Å². The van der Waals surface area contributed by atoms with E-state index in [4.69, 9.17) is 9.84 Å². The molecule has 2 N–H and O–H groups in total. The smallest absolute Gasteiger partial charge is 0.306 e. The Morgan fingerprint density at radius 3 is 2.28 bits per heavy atom. The minimum absolute atomic E-state index is 0.0115. The molecule has 0 aromatic heterocycles. The molecule has 104 valence electrons. The molecule has 0 aromatic carbocycles. The van der Waals surface area contributed by atoms with Crippen LogP contribution in [0.4, 0.5) is 0 Å². The number of amides is 1. The van der Waals surface area contributed by atoms with Crippen LogP contribution < -0.4 is 5.32 Å². The third kappa shape index (κ3) is 7.65. The van der Waals surface area contributed by atoms with Gasteiger partial charge in [-0.1, -0.05) is 13.8 Å². The summed E-state index contributed by atoms with van der Waals surface area (Å²) in [6, 6.07) is -0.419. The van der Waals surface area contributed by atoms with Gasteiger partial charge < -0.3 is 15.2 Å². The molecule has 1 unspecified atom stereocenters. The maximum atomic E-state index is 11.5. The van der Waals surface area contributed by atoms with Crippen molar-refractivity contribution < 1.29 is 24.2 Å². The highest BCUT2D eigenvalue weighted by atomic mass is 16.5. The minimum atomic E-state index is -0.959. The van der Waals surface area contributed by atoms with Gasteiger partial charge in [0.1, 0.15) is 0 Å². The Bertz CT molecular complexity index is 301. The molecule has 0 aliphatic carbocycles. The van der Waals surface area contributed by atoms with E-state index in [1.54, 1.807) is 6.92 Å². The Balaban J connectivity index is 4.10. The fraction of sp³-hybridized carbons (Fsp3) is 0.750. The lowest BCUT2D eigenvalue weighted by Crippen LogP contribution is -2.40. The zero-order valence-electron chi connectivity index (χ0n) is 11.1. The summed E-state index contributed by atoms with van der Waals surface area (Å²) in [5.41, 5.74) is 0. The van der Waals surface area contributed by atoms with E-state index in [2.05, 4.69) is 5.32 Å². The lowest BCUT2D eigenvalue weighted by Gasteiger charge is -2.20. The van der Waals surface area contributed by atoms with E-state index in [-0.39, 0.29) is 37.7 Å². The Morgan fingerprint density at radius 2 is 1.83 bits per heavy atom. The average molecular weight is 259 g/mol. The molecule has 0 bridgehead atoms.